The van der Waals surface area contributed by atoms with E-state index in [0.717, 1.165) is 0 Å². The highest BCUT2D eigenvalue weighted by atomic mass is 16.6. The molecule has 4 aliphatic rings. The minimum absolute atomic E-state index is 0.154. The van der Waals surface area contributed by atoms with Crippen molar-refractivity contribution in [1.29, 1.82) is 0 Å². The average molecular weight is 621 g/mol. The van der Waals surface area contributed by atoms with E-state index in [-0.39, 0.29) is 17.7 Å². The van der Waals surface area contributed by atoms with E-state index >= 15 is 0 Å². The van der Waals surface area contributed by atoms with Crippen molar-refractivity contribution in [3.8, 4) is 0 Å². The van der Waals surface area contributed by atoms with E-state index in [9.17, 15) is 29.1 Å². The Balaban J connectivity index is 1.48. The molecule has 2 aromatic rings. The molecule has 6 atom stereocenters. The third-order valence-corrected chi connectivity index (χ3v) is 9.50. The molecule has 238 valence electrons. The number of nitrogens with one attached hydrogen (secondary N) is 1. The Hall–Kier alpha value is -4.45. The largest absolute Gasteiger partial charge is 0.461 e. The fourth-order valence-corrected chi connectivity index (χ4v) is 7.66. The maximum atomic E-state index is 14.6. The number of anilines is 2. The van der Waals surface area contributed by atoms with Crippen molar-refractivity contribution in [2.24, 2.45) is 16.2 Å². The van der Waals surface area contributed by atoms with E-state index in [1.807, 2.05) is 0 Å². The molecule has 1 aliphatic carbocycles. The molecule has 12 heteroatoms. The van der Waals surface area contributed by atoms with Gasteiger partial charge in [-0.25, -0.2) is 9.59 Å². The molecule has 0 aromatic heterocycles. The molecule has 1 saturated carbocycles. The smallest absolute Gasteiger partial charge is 0.412 e. The molecule has 0 radical (unpaired) electrons. The summed E-state index contributed by atoms with van der Waals surface area (Å²) in [6, 6.07) is 14.1. The Morgan fingerprint density at radius 2 is 1.60 bits per heavy atom. The van der Waals surface area contributed by atoms with Gasteiger partial charge in [-0.1, -0.05) is 39.0 Å². The molecule has 3 saturated heterocycles. The first-order chi connectivity index (χ1) is 21.0. The predicted molar refractivity (Wildman–Crippen MR) is 158 cm³/mol. The molecule has 4 fully saturated rings. The summed E-state index contributed by atoms with van der Waals surface area (Å²) in [5, 5.41) is 15.4. The Bertz CT molecular complexity index is 1590. The SMILES string of the molecule is CC(C)(C)OC(=O)Nc1ccc(N2C(=O)[C@H](OC(=O)c3ccccc3)C34[C@@H]2OC(=O)[C@@]32CC(=O)O[C@H]2C[C@@]4(O)C(C)(C)C)cc1. The van der Waals surface area contributed by atoms with Gasteiger partial charge < -0.3 is 24.1 Å². The monoisotopic (exact) mass is 620 g/mol. The van der Waals surface area contributed by atoms with Gasteiger partial charge in [-0.15, -0.1) is 0 Å². The highest BCUT2D eigenvalue weighted by Gasteiger charge is 2.93. The molecule has 12 nitrogen and oxygen atoms in total. The molecule has 2 aromatic carbocycles. The van der Waals surface area contributed by atoms with E-state index < -0.39 is 82.2 Å². The Morgan fingerprint density at radius 3 is 2.20 bits per heavy atom. The lowest BCUT2D eigenvalue weighted by Gasteiger charge is -2.51. The molecule has 3 heterocycles. The van der Waals surface area contributed by atoms with E-state index in [4.69, 9.17) is 18.9 Å². The fourth-order valence-electron chi connectivity index (χ4n) is 7.66. The van der Waals surface area contributed by atoms with Crippen LogP contribution in [0.3, 0.4) is 0 Å². The lowest BCUT2D eigenvalue weighted by molar-refractivity contribution is -0.204. The van der Waals surface area contributed by atoms with E-state index in [1.165, 1.54) is 41.3 Å². The van der Waals surface area contributed by atoms with Crippen LogP contribution in [0.5, 0.6) is 0 Å². The van der Waals surface area contributed by atoms with Gasteiger partial charge in [0.15, 0.2) is 12.3 Å². The number of hydrogen-bond donors (Lipinski definition) is 2. The Labute approximate surface area is 259 Å². The van der Waals surface area contributed by atoms with Gasteiger partial charge >= 0.3 is 24.0 Å². The van der Waals surface area contributed by atoms with Gasteiger partial charge in [-0.3, -0.25) is 24.6 Å². The highest BCUT2D eigenvalue weighted by molar-refractivity contribution is 6.07. The lowest BCUT2D eigenvalue weighted by Crippen LogP contribution is -2.66. The number of hydrogen-bond acceptors (Lipinski definition) is 10. The minimum Gasteiger partial charge on any atom is -0.461 e. The third kappa shape index (κ3) is 4.18. The zero-order valence-electron chi connectivity index (χ0n) is 25.9. The number of aliphatic hydroxyl groups is 1. The standard InChI is InChI=1S/C33H36N2O10/c1-29(2,3)32(41)16-21-31(17-22(36)42-21)27(39)44-26-33(31,32)23(43-25(38)18-10-8-7-9-11-18)24(37)35(26)20-14-12-19(13-15-20)34-28(40)45-30(4,5)6/h7-15,21,23,26,41H,16-17H2,1-6H3,(H,34,40)/t21-,23-,26-,31-,32+,33?/m0/s1. The molecule has 2 spiro atoms. The molecule has 45 heavy (non-hydrogen) atoms. The van der Waals surface area contributed by atoms with Crippen LogP contribution in [-0.4, -0.2) is 64.7 Å². The van der Waals surface area contributed by atoms with Crippen molar-refractivity contribution in [2.75, 3.05) is 10.2 Å². The van der Waals surface area contributed by atoms with Gasteiger partial charge in [0.25, 0.3) is 5.91 Å². The number of amides is 2. The van der Waals surface area contributed by atoms with Crippen molar-refractivity contribution in [1.82, 2.24) is 0 Å². The second-order valence-corrected chi connectivity index (χ2v) is 14.1. The van der Waals surface area contributed by atoms with Crippen LogP contribution in [0.2, 0.25) is 0 Å². The van der Waals surface area contributed by atoms with E-state index in [2.05, 4.69) is 5.32 Å². The Kier molecular flexibility index (Phi) is 6.64. The summed E-state index contributed by atoms with van der Waals surface area (Å²) in [5.41, 5.74) is -6.60. The number of ether oxygens (including phenoxy) is 4. The van der Waals surface area contributed by atoms with Crippen molar-refractivity contribution in [3.63, 3.8) is 0 Å². The summed E-state index contributed by atoms with van der Waals surface area (Å²) in [4.78, 5) is 68.4. The molecular weight excluding hydrogens is 584 g/mol. The number of carbonyl (C=O) groups excluding carboxylic acids is 5. The normalized spacial score (nSPS) is 31.9. The Morgan fingerprint density at radius 1 is 0.956 bits per heavy atom. The first-order valence-electron chi connectivity index (χ1n) is 14.8. The van der Waals surface area contributed by atoms with Gasteiger partial charge in [-0.2, -0.15) is 0 Å². The van der Waals surface area contributed by atoms with Crippen molar-refractivity contribution >= 4 is 41.3 Å². The van der Waals surface area contributed by atoms with Crippen LogP contribution < -0.4 is 10.2 Å². The quantitative estimate of drug-likeness (QED) is 0.379. The zero-order chi connectivity index (χ0) is 32.7. The summed E-state index contributed by atoms with van der Waals surface area (Å²) in [6.07, 6.45) is -5.61. The zero-order valence-corrected chi connectivity index (χ0v) is 25.9. The highest BCUT2D eigenvalue weighted by Crippen LogP contribution is 2.76. The van der Waals surface area contributed by atoms with Gasteiger partial charge in [0.2, 0.25) is 0 Å². The first kappa shape index (κ1) is 30.6. The first-order valence-corrected chi connectivity index (χ1v) is 14.8. The second kappa shape index (κ2) is 9.77. The summed E-state index contributed by atoms with van der Waals surface area (Å²) in [7, 11) is 0. The van der Waals surface area contributed by atoms with Crippen LogP contribution in [0.1, 0.15) is 64.7 Å². The van der Waals surface area contributed by atoms with E-state index in [1.54, 1.807) is 59.7 Å². The summed E-state index contributed by atoms with van der Waals surface area (Å²) in [6.45, 7) is 10.4. The molecule has 1 unspecified atom stereocenters. The molecule has 2 amide bonds. The van der Waals surface area contributed by atoms with Gasteiger partial charge in [0.1, 0.15) is 22.5 Å². The molecular formula is C33H36N2O10. The van der Waals surface area contributed by atoms with Crippen LogP contribution in [0.25, 0.3) is 0 Å². The van der Waals surface area contributed by atoms with Crippen LogP contribution in [0.4, 0.5) is 16.2 Å². The second-order valence-electron chi connectivity index (χ2n) is 14.1. The van der Waals surface area contributed by atoms with Gasteiger partial charge in [0.05, 0.1) is 17.6 Å². The molecule has 3 aliphatic heterocycles. The summed E-state index contributed by atoms with van der Waals surface area (Å²) < 4.78 is 22.9. The lowest BCUT2D eigenvalue weighted by atomic mass is 9.52. The summed E-state index contributed by atoms with van der Waals surface area (Å²) in [5.74, 6) is -3.08. The minimum atomic E-state index is -1.93. The van der Waals surface area contributed by atoms with E-state index in [0.29, 0.717) is 5.69 Å². The van der Waals surface area contributed by atoms with Crippen molar-refractivity contribution in [3.05, 3.63) is 60.2 Å². The van der Waals surface area contributed by atoms with Gasteiger partial charge in [0, 0.05) is 17.8 Å². The van der Waals surface area contributed by atoms with Crippen LogP contribution >= 0.6 is 0 Å². The fraction of sp³-hybridized carbons (Fsp3) is 0.485. The number of esters is 3. The van der Waals surface area contributed by atoms with Gasteiger partial charge in [-0.05, 0) is 62.6 Å². The maximum Gasteiger partial charge on any atom is 0.412 e. The molecule has 2 N–H and O–H groups in total. The third-order valence-electron chi connectivity index (χ3n) is 9.50. The summed E-state index contributed by atoms with van der Waals surface area (Å²) >= 11 is 0. The predicted octanol–water partition coefficient (Wildman–Crippen LogP) is 3.96. The topological polar surface area (TPSA) is 158 Å². The van der Waals surface area contributed by atoms with Crippen molar-refractivity contribution in [2.45, 2.75) is 84.0 Å². The molecule has 0 bridgehead atoms. The maximum absolute atomic E-state index is 14.6. The average Bonchev–Trinajstić information content (AvgIpc) is 3.55. The number of rotatable bonds is 4. The van der Waals surface area contributed by atoms with Crippen LogP contribution in [0, 0.1) is 16.2 Å². The molecule has 6 rings (SSSR count). The number of carbonyl (C=O) groups is 5. The number of nitrogens with zero attached hydrogens (tertiary/aromatic N) is 1. The van der Waals surface area contributed by atoms with Crippen LogP contribution in [-0.2, 0) is 33.3 Å². The van der Waals surface area contributed by atoms with Crippen LogP contribution in [0.15, 0.2) is 54.6 Å². The van der Waals surface area contributed by atoms with Crippen molar-refractivity contribution < 1.29 is 48.0 Å². The number of benzene rings is 2.